The Morgan fingerprint density at radius 1 is 0.357 bits per heavy atom. The van der Waals surface area contributed by atoms with Crippen LogP contribution in [0.2, 0.25) is 0 Å². The fourth-order valence-corrected chi connectivity index (χ4v) is 14.7. The molecule has 658 valence electrons. The lowest BCUT2D eigenvalue weighted by molar-refractivity contribution is -0.384. The van der Waals surface area contributed by atoms with Crippen molar-refractivity contribution < 1.29 is 108 Å². The monoisotopic (exact) mass is 1740 g/mol. The van der Waals surface area contributed by atoms with Crippen LogP contribution in [0.3, 0.4) is 0 Å². The van der Waals surface area contributed by atoms with Crippen LogP contribution < -0.4 is 72.8 Å². The van der Waals surface area contributed by atoms with Crippen molar-refractivity contribution in [2.45, 2.75) is 59.7 Å². The van der Waals surface area contributed by atoms with Gasteiger partial charge in [0, 0.05) is 12.1 Å². The summed E-state index contributed by atoms with van der Waals surface area (Å²) in [6.45, 7) is 6.71. The number of hydrogen-bond donors (Lipinski definition) is 3. The average Bonchev–Trinajstić information content (AvgIpc) is 1.61. The molecule has 0 bridgehead atoms. The third-order valence-corrected chi connectivity index (χ3v) is 21.2. The number of rotatable bonds is 30. The first-order valence-corrected chi connectivity index (χ1v) is 40.3. The number of nitro benzene ring substituents is 1. The van der Waals surface area contributed by atoms with Gasteiger partial charge in [-0.15, -0.1) is 0 Å². The summed E-state index contributed by atoms with van der Waals surface area (Å²) in [7, 11) is 12.0. The molecule has 0 saturated heterocycles. The molecule has 0 radical (unpaired) electrons. The van der Waals surface area contributed by atoms with E-state index in [0.717, 1.165) is 83.5 Å². The second-order valence-corrected chi connectivity index (χ2v) is 29.1. The maximum Gasteiger partial charge on any atom is 0.519 e. The standard InChI is InChI=1S/C34H30N2O10.C34H31NO7.C33H28FNO6/c1-20-27(26-12-11-24(41-2)17-29(26)28(20)18-32(37)35-19-25-6-5-13-44-25)14-21-15-30(42-3)33(31(16-21)43-4)46-34(38)45-23-9-7-22(8-10-23)36(39)40;1-21-27(15-22-16-30(39-3)33(31(17-22)40-4)42-34(37)23-9-6-5-7-10-23)26-13-12-24(38-2)18-29(26)28(21)19-32(36)35-20-25-11-8-14-41-25;1-20-26(25-12-11-23(34)17-28(25)27(20)18-31(36)35-19-24-10-7-13-40-24)14-21-15-29(38-2)32(30(16-21)39-3)41-33(37)22-8-5-4-6-9-22/h5-17H,18-19H2,1-4H3,(H,35,37);5-18H,19-20H2,1-4H3,(H,35,36);4-17H,18-19H2,1-3H3,(H,35,36)/b27-14-;27-15-;26-14-. The quantitative estimate of drug-likeness (QED) is 0.0124. The second-order valence-electron chi connectivity index (χ2n) is 29.1. The van der Waals surface area contributed by atoms with Gasteiger partial charge in [0.1, 0.15) is 40.3 Å². The Balaban J connectivity index is 0.000000165. The molecule has 129 heavy (non-hydrogen) atoms. The van der Waals surface area contributed by atoms with Gasteiger partial charge in [-0.1, -0.05) is 54.6 Å². The topological polar surface area (TPSA) is 332 Å². The summed E-state index contributed by atoms with van der Waals surface area (Å²) in [6, 6.07) is 59.5. The summed E-state index contributed by atoms with van der Waals surface area (Å²) < 4.78 is 96.6. The molecule has 0 aliphatic heterocycles. The molecule has 3 N–H and O–H groups in total. The van der Waals surface area contributed by atoms with Gasteiger partial charge in [-0.2, -0.15) is 0 Å². The van der Waals surface area contributed by atoms with Gasteiger partial charge in [0.05, 0.1) is 131 Å². The second kappa shape index (κ2) is 41.9. The molecule has 3 amide bonds. The fourth-order valence-electron chi connectivity index (χ4n) is 14.7. The highest BCUT2D eigenvalue weighted by molar-refractivity contribution is 6.11. The summed E-state index contributed by atoms with van der Waals surface area (Å²) >= 11 is 0. The molecule has 0 atom stereocenters. The minimum atomic E-state index is -1.09. The highest BCUT2D eigenvalue weighted by Crippen LogP contribution is 2.51. The number of hydrogen-bond acceptors (Lipinski definition) is 23. The minimum absolute atomic E-state index is 0.0169. The Kier molecular flexibility index (Phi) is 29.3. The van der Waals surface area contributed by atoms with E-state index in [4.69, 9.17) is 70.1 Å². The Bertz CT molecular complexity index is 6310. The van der Waals surface area contributed by atoms with Gasteiger partial charge in [-0.05, 0) is 285 Å². The number of amides is 3. The number of methoxy groups -OCH3 is 8. The van der Waals surface area contributed by atoms with Gasteiger partial charge in [0.25, 0.3) is 5.69 Å². The molecular formula is C101H89FN4O23. The third kappa shape index (κ3) is 21.7. The van der Waals surface area contributed by atoms with Crippen LogP contribution in [0.4, 0.5) is 14.9 Å². The van der Waals surface area contributed by atoms with Crippen LogP contribution in [-0.2, 0) is 34.0 Å². The van der Waals surface area contributed by atoms with Gasteiger partial charge in [-0.3, -0.25) is 24.5 Å². The van der Waals surface area contributed by atoms with E-state index in [-0.39, 0.29) is 96.1 Å². The van der Waals surface area contributed by atoms with E-state index in [1.165, 1.54) is 79.1 Å². The summed E-state index contributed by atoms with van der Waals surface area (Å²) in [6.07, 6.45) is 9.82. The van der Waals surface area contributed by atoms with E-state index >= 15 is 0 Å². The number of nitrogens with one attached hydrogen (secondary N) is 3. The highest BCUT2D eigenvalue weighted by atomic mass is 19.1. The molecule has 0 unspecified atom stereocenters. The normalized spacial score (nSPS) is 13.0. The Labute approximate surface area is 741 Å². The first-order chi connectivity index (χ1) is 62.5. The lowest BCUT2D eigenvalue weighted by atomic mass is 10.00. The summed E-state index contributed by atoms with van der Waals surface area (Å²) in [4.78, 5) is 87.2. The van der Waals surface area contributed by atoms with Gasteiger partial charge in [-0.25, -0.2) is 18.8 Å². The predicted octanol–water partition coefficient (Wildman–Crippen LogP) is 20.1. The number of benzene rings is 9. The molecule has 12 aromatic rings. The number of furan rings is 3. The number of esters is 2. The van der Waals surface area contributed by atoms with Crippen molar-refractivity contribution in [2.75, 3.05) is 56.9 Å². The number of carbonyl (C=O) groups is 6. The number of allylic oxidation sites excluding steroid dienone is 6. The van der Waals surface area contributed by atoms with Gasteiger partial charge < -0.3 is 86.0 Å². The van der Waals surface area contributed by atoms with Crippen LogP contribution in [0.1, 0.15) is 128 Å². The largest absolute Gasteiger partial charge is 0.519 e. The maximum atomic E-state index is 14.3. The lowest BCUT2D eigenvalue weighted by Crippen LogP contribution is -2.22. The summed E-state index contributed by atoms with van der Waals surface area (Å²) in [5.41, 5.74) is 15.8. The summed E-state index contributed by atoms with van der Waals surface area (Å²) in [5.74, 6) is 3.45. The number of nitro groups is 1. The molecule has 3 heterocycles. The van der Waals surface area contributed by atoms with E-state index < -0.39 is 23.0 Å². The van der Waals surface area contributed by atoms with Crippen molar-refractivity contribution >= 4 is 93.2 Å². The molecular weight excluding hydrogens is 1660 g/mol. The fraction of sp³-hybridized carbons (Fsp3) is 0.168. The van der Waals surface area contributed by atoms with Crippen LogP contribution >= 0.6 is 0 Å². The van der Waals surface area contributed by atoms with E-state index in [9.17, 15) is 43.3 Å². The van der Waals surface area contributed by atoms with Gasteiger partial charge in [0.2, 0.25) is 35.0 Å². The number of non-ortho nitro benzene ring substituents is 1. The van der Waals surface area contributed by atoms with Crippen molar-refractivity contribution in [3.05, 3.63) is 342 Å². The van der Waals surface area contributed by atoms with Crippen LogP contribution in [0.5, 0.6) is 69.0 Å². The molecule has 9 aromatic carbocycles. The smallest absolute Gasteiger partial charge is 0.497 e. The van der Waals surface area contributed by atoms with E-state index in [1.807, 2.05) is 93.6 Å². The zero-order valence-electron chi connectivity index (χ0n) is 72.1. The molecule has 0 saturated carbocycles. The van der Waals surface area contributed by atoms with E-state index in [2.05, 4.69) is 16.0 Å². The maximum absolute atomic E-state index is 14.3. The Morgan fingerprint density at radius 3 is 0.984 bits per heavy atom. The average molecular weight is 1750 g/mol. The van der Waals surface area contributed by atoms with Crippen molar-refractivity contribution in [3.63, 3.8) is 0 Å². The van der Waals surface area contributed by atoms with Crippen molar-refractivity contribution in [2.24, 2.45) is 0 Å². The lowest BCUT2D eigenvalue weighted by Gasteiger charge is -2.15. The van der Waals surface area contributed by atoms with Gasteiger partial charge >= 0.3 is 18.1 Å². The Hall–Kier alpha value is -16.4. The SMILES string of the molecule is COc1cc(/C=C2/C(C)=C(CC(=O)NCc3ccco3)c3cc(F)ccc32)cc(OC)c1OC(=O)c1ccccc1.COc1ccc2c(c1)C(CC(=O)NCc1ccco1)=C(C)/C2=C/c1cc(OC)c(OC(=O)Oc2ccc([N+](=O)[O-])cc2)c(OC)c1.COc1ccc2c(c1)C(CC(=O)NCc1ccco1)=C(C)/C2=C/c1cc(OC)c(OC(=O)c2ccccc2)c(OC)c1. The first kappa shape index (κ1) is 90.3. The van der Waals surface area contributed by atoms with Crippen LogP contribution in [0.15, 0.2) is 261 Å². The first-order valence-electron chi connectivity index (χ1n) is 40.3. The molecule has 3 aromatic heterocycles. The Morgan fingerprint density at radius 2 is 0.674 bits per heavy atom. The highest BCUT2D eigenvalue weighted by Gasteiger charge is 2.32. The van der Waals surface area contributed by atoms with Crippen LogP contribution in [0.25, 0.3) is 51.7 Å². The van der Waals surface area contributed by atoms with Crippen molar-refractivity contribution in [3.8, 4) is 69.0 Å². The number of nitrogens with zero attached hydrogens (tertiary/aromatic N) is 1. The minimum Gasteiger partial charge on any atom is -0.497 e. The van der Waals surface area contributed by atoms with E-state index in [1.54, 1.807) is 154 Å². The molecule has 3 aliphatic carbocycles. The summed E-state index contributed by atoms with van der Waals surface area (Å²) in [5, 5.41) is 19.6. The van der Waals surface area contributed by atoms with E-state index in [0.29, 0.717) is 86.1 Å². The van der Waals surface area contributed by atoms with Crippen molar-refractivity contribution in [1.82, 2.24) is 16.0 Å². The van der Waals surface area contributed by atoms with Crippen LogP contribution in [-0.4, -0.2) is 97.6 Å². The number of carbonyl (C=O) groups excluding carboxylic acids is 6. The third-order valence-electron chi connectivity index (χ3n) is 21.2. The molecule has 15 rings (SSSR count). The van der Waals surface area contributed by atoms with Crippen molar-refractivity contribution in [1.29, 1.82) is 0 Å². The molecule has 28 heteroatoms. The molecule has 3 aliphatic rings. The zero-order chi connectivity index (χ0) is 91.4. The van der Waals surface area contributed by atoms with Crippen LogP contribution in [0, 0.1) is 15.9 Å². The predicted molar refractivity (Wildman–Crippen MR) is 480 cm³/mol. The molecule has 27 nitrogen and oxygen atoms in total. The number of ether oxygens (including phenoxy) is 12. The molecule has 0 fully saturated rings. The van der Waals surface area contributed by atoms with Gasteiger partial charge in [0.15, 0.2) is 34.5 Å². The number of halogens is 1. The molecule has 0 spiro atoms. The number of fused-ring (bicyclic) bond motifs is 3. The zero-order valence-corrected chi connectivity index (χ0v) is 72.1.